The first-order valence-electron chi connectivity index (χ1n) is 8.72. The molecule has 1 aliphatic rings. The van der Waals surface area contributed by atoms with Crippen molar-refractivity contribution < 1.29 is 9.53 Å². The lowest BCUT2D eigenvalue weighted by Crippen LogP contribution is -2.48. The second kappa shape index (κ2) is 7.56. The topological polar surface area (TPSA) is 71.4 Å². The van der Waals surface area contributed by atoms with E-state index in [4.69, 9.17) is 16.3 Å². The molecule has 140 valence electrons. The summed E-state index contributed by atoms with van der Waals surface area (Å²) >= 11 is 6.06. The van der Waals surface area contributed by atoms with Gasteiger partial charge in [0.25, 0.3) is 5.91 Å². The number of nitrogens with zero attached hydrogens (tertiary/aromatic N) is 3. The Bertz CT molecular complexity index is 981. The van der Waals surface area contributed by atoms with Crippen LogP contribution in [0.3, 0.4) is 0 Å². The number of hydrazine groups is 1. The van der Waals surface area contributed by atoms with Crippen LogP contribution in [0.2, 0.25) is 5.02 Å². The summed E-state index contributed by atoms with van der Waals surface area (Å²) in [5, 5.41) is 6.67. The van der Waals surface area contributed by atoms with Gasteiger partial charge in [-0.15, -0.1) is 0 Å². The first kappa shape index (κ1) is 17.8. The lowest BCUT2D eigenvalue weighted by atomic mass is 10.2. The van der Waals surface area contributed by atoms with Crippen molar-refractivity contribution in [3.8, 4) is 0 Å². The number of ether oxygens (including phenoxy) is 1. The Morgan fingerprint density at radius 1 is 1.26 bits per heavy atom. The Hall–Kier alpha value is -2.61. The van der Waals surface area contributed by atoms with Gasteiger partial charge in [0.05, 0.1) is 24.3 Å². The summed E-state index contributed by atoms with van der Waals surface area (Å²) in [4.78, 5) is 17.3. The van der Waals surface area contributed by atoms with E-state index < -0.39 is 0 Å². The summed E-state index contributed by atoms with van der Waals surface area (Å²) < 4.78 is 7.24. The Morgan fingerprint density at radius 3 is 2.85 bits per heavy atom. The van der Waals surface area contributed by atoms with Crippen LogP contribution in [-0.2, 0) is 11.8 Å². The maximum absolute atomic E-state index is 12.8. The molecule has 1 saturated heterocycles. The van der Waals surface area contributed by atoms with Gasteiger partial charge in [0.15, 0.2) is 0 Å². The number of fused-ring (bicyclic) bond motifs is 1. The first-order valence-corrected chi connectivity index (χ1v) is 9.10. The fraction of sp³-hybridized carbons (Fsp3) is 0.263. The summed E-state index contributed by atoms with van der Waals surface area (Å²) in [7, 11) is 1.91. The highest BCUT2D eigenvalue weighted by Gasteiger charge is 2.19. The maximum Gasteiger partial charge on any atom is 0.269 e. The number of hydrogen-bond donors (Lipinski definition) is 2. The summed E-state index contributed by atoms with van der Waals surface area (Å²) in [5.41, 5.74) is 5.13. The van der Waals surface area contributed by atoms with E-state index in [0.717, 1.165) is 16.6 Å². The number of benzene rings is 1. The predicted molar refractivity (Wildman–Crippen MR) is 105 cm³/mol. The molecule has 0 aliphatic carbocycles. The largest absolute Gasteiger partial charge is 0.379 e. The van der Waals surface area contributed by atoms with Crippen LogP contribution in [0.5, 0.6) is 0 Å². The van der Waals surface area contributed by atoms with Gasteiger partial charge in [-0.25, -0.2) is 9.99 Å². The van der Waals surface area contributed by atoms with Gasteiger partial charge in [0, 0.05) is 48.6 Å². The molecule has 0 atom stereocenters. The number of aromatic nitrogens is 2. The van der Waals surface area contributed by atoms with Gasteiger partial charge in [-0.1, -0.05) is 17.7 Å². The van der Waals surface area contributed by atoms with Crippen LogP contribution < -0.4 is 10.7 Å². The third-order valence-electron chi connectivity index (χ3n) is 4.51. The molecule has 8 heteroatoms. The van der Waals surface area contributed by atoms with Crippen molar-refractivity contribution in [3.05, 3.63) is 53.3 Å². The van der Waals surface area contributed by atoms with E-state index in [-0.39, 0.29) is 5.91 Å². The van der Waals surface area contributed by atoms with Crippen molar-refractivity contribution >= 4 is 39.9 Å². The van der Waals surface area contributed by atoms with Crippen LogP contribution in [0.4, 0.5) is 11.5 Å². The van der Waals surface area contributed by atoms with E-state index in [9.17, 15) is 4.79 Å². The minimum atomic E-state index is -0.175. The van der Waals surface area contributed by atoms with Crippen molar-refractivity contribution in [1.29, 1.82) is 0 Å². The number of halogens is 1. The van der Waals surface area contributed by atoms with Crippen molar-refractivity contribution in [2.75, 3.05) is 31.6 Å². The molecule has 3 heterocycles. The fourth-order valence-electron chi connectivity index (χ4n) is 3.16. The lowest BCUT2D eigenvalue weighted by molar-refractivity contribution is 0.0126. The molecular weight excluding hydrogens is 366 g/mol. The molecule has 0 radical (unpaired) electrons. The van der Waals surface area contributed by atoms with E-state index in [1.165, 1.54) is 0 Å². The number of carbonyl (C=O) groups is 1. The van der Waals surface area contributed by atoms with Crippen LogP contribution in [0, 0.1) is 0 Å². The Labute approximate surface area is 161 Å². The SMILES string of the molecule is Cn1ccc2c(Nc3cccc(Cl)c3)ncc(C(=O)NN3CCOCC3)c21. The molecule has 1 fully saturated rings. The molecule has 2 N–H and O–H groups in total. The van der Waals surface area contributed by atoms with Gasteiger partial charge in [-0.3, -0.25) is 10.2 Å². The van der Waals surface area contributed by atoms with E-state index in [1.54, 1.807) is 6.20 Å². The highest BCUT2D eigenvalue weighted by atomic mass is 35.5. The second-order valence-corrected chi connectivity index (χ2v) is 6.82. The third kappa shape index (κ3) is 3.75. The van der Waals surface area contributed by atoms with E-state index in [1.807, 2.05) is 53.2 Å². The Morgan fingerprint density at radius 2 is 2.07 bits per heavy atom. The molecule has 27 heavy (non-hydrogen) atoms. The quantitative estimate of drug-likeness (QED) is 0.722. The zero-order valence-corrected chi connectivity index (χ0v) is 15.7. The van der Waals surface area contributed by atoms with Gasteiger partial charge in [-0.2, -0.15) is 0 Å². The minimum absolute atomic E-state index is 0.175. The first-order chi connectivity index (χ1) is 13.1. The molecule has 1 amide bonds. The van der Waals surface area contributed by atoms with Crippen molar-refractivity contribution in [3.63, 3.8) is 0 Å². The van der Waals surface area contributed by atoms with Crippen molar-refractivity contribution in [2.45, 2.75) is 0 Å². The smallest absolute Gasteiger partial charge is 0.269 e. The third-order valence-corrected chi connectivity index (χ3v) is 4.74. The number of morpholine rings is 1. The summed E-state index contributed by atoms with van der Waals surface area (Å²) in [6.07, 6.45) is 3.52. The van der Waals surface area contributed by atoms with Crippen LogP contribution in [0.25, 0.3) is 10.9 Å². The number of carbonyl (C=O) groups excluding carboxylic acids is 1. The summed E-state index contributed by atoms with van der Waals surface area (Å²) in [6, 6.07) is 9.38. The van der Waals surface area contributed by atoms with Gasteiger partial charge in [-0.05, 0) is 24.3 Å². The van der Waals surface area contributed by atoms with E-state index in [0.29, 0.717) is 42.7 Å². The molecule has 0 saturated carbocycles. The minimum Gasteiger partial charge on any atom is -0.379 e. The highest BCUT2D eigenvalue weighted by molar-refractivity contribution is 6.30. The second-order valence-electron chi connectivity index (χ2n) is 6.39. The lowest BCUT2D eigenvalue weighted by Gasteiger charge is -2.27. The van der Waals surface area contributed by atoms with E-state index >= 15 is 0 Å². The van der Waals surface area contributed by atoms with Crippen molar-refractivity contribution in [2.24, 2.45) is 7.05 Å². The summed E-state index contributed by atoms with van der Waals surface area (Å²) in [5.74, 6) is 0.501. The predicted octanol–water partition coefficient (Wildman–Crippen LogP) is 2.95. The van der Waals surface area contributed by atoms with Crippen LogP contribution in [-0.4, -0.2) is 46.8 Å². The number of pyridine rings is 1. The number of nitrogens with one attached hydrogen (secondary N) is 2. The van der Waals surface area contributed by atoms with Crippen molar-refractivity contribution in [1.82, 2.24) is 20.0 Å². The molecule has 1 aliphatic heterocycles. The zero-order valence-electron chi connectivity index (χ0n) is 14.9. The number of amides is 1. The molecule has 0 bridgehead atoms. The normalized spacial score (nSPS) is 15.0. The molecule has 3 aromatic rings. The zero-order chi connectivity index (χ0) is 18.8. The Kier molecular flexibility index (Phi) is 4.98. The number of hydrogen-bond acceptors (Lipinski definition) is 5. The maximum atomic E-state index is 12.8. The average molecular weight is 386 g/mol. The summed E-state index contributed by atoms with van der Waals surface area (Å²) in [6.45, 7) is 2.56. The van der Waals surface area contributed by atoms with Crippen LogP contribution >= 0.6 is 11.6 Å². The number of anilines is 2. The van der Waals surface area contributed by atoms with Gasteiger partial charge in [0.2, 0.25) is 0 Å². The fourth-order valence-corrected chi connectivity index (χ4v) is 3.35. The number of rotatable bonds is 4. The highest BCUT2D eigenvalue weighted by Crippen LogP contribution is 2.28. The molecule has 1 aromatic carbocycles. The molecular formula is C19H20ClN5O2. The number of aryl methyl sites for hydroxylation is 1. The molecule has 0 spiro atoms. The van der Waals surface area contributed by atoms with Crippen LogP contribution in [0.1, 0.15) is 10.4 Å². The monoisotopic (exact) mass is 385 g/mol. The molecule has 2 aromatic heterocycles. The molecule has 0 unspecified atom stereocenters. The van der Waals surface area contributed by atoms with Gasteiger partial charge in [0.1, 0.15) is 5.82 Å². The standard InChI is InChI=1S/C19H20ClN5O2/c1-24-6-5-15-17(24)16(19(26)23-25-7-9-27-10-8-25)12-21-18(15)22-14-4-2-3-13(20)11-14/h2-6,11-12H,7-10H2,1H3,(H,21,22)(H,23,26). The van der Waals surface area contributed by atoms with Crippen LogP contribution in [0.15, 0.2) is 42.7 Å². The Balaban J connectivity index is 1.65. The van der Waals surface area contributed by atoms with Gasteiger partial charge >= 0.3 is 0 Å². The molecule has 4 rings (SSSR count). The van der Waals surface area contributed by atoms with Gasteiger partial charge < -0.3 is 14.6 Å². The molecule has 7 nitrogen and oxygen atoms in total. The average Bonchev–Trinajstić information content (AvgIpc) is 3.05. The van der Waals surface area contributed by atoms with E-state index in [2.05, 4.69) is 15.7 Å².